The fourth-order valence-electron chi connectivity index (χ4n) is 5.37. The van der Waals surface area contributed by atoms with Gasteiger partial charge >= 0.3 is 0 Å². The first kappa shape index (κ1) is 17.9. The highest BCUT2D eigenvalue weighted by Crippen LogP contribution is 2.36. The van der Waals surface area contributed by atoms with Crippen molar-refractivity contribution < 1.29 is 12.3 Å². The molecule has 0 bridgehead atoms. The zero-order valence-electron chi connectivity index (χ0n) is 32.5. The number of benzene rings is 6. The summed E-state index contributed by atoms with van der Waals surface area (Å²) < 4.78 is 78.4. The highest BCUT2D eigenvalue weighted by Gasteiger charge is 2.16. The smallest absolute Gasteiger partial charge is 0.164 e. The second-order valence-electron chi connectivity index (χ2n) is 10.4. The van der Waals surface area contributed by atoms with Crippen molar-refractivity contribution in [2.24, 2.45) is 0 Å². The van der Waals surface area contributed by atoms with Gasteiger partial charge in [-0.05, 0) is 42.3 Å². The van der Waals surface area contributed by atoms with Crippen LogP contribution in [0, 0.1) is 6.92 Å². The molecule has 8 rings (SSSR count). The number of rotatable bonds is 5. The van der Waals surface area contributed by atoms with Crippen LogP contribution < -0.4 is 0 Å². The first-order chi connectivity index (χ1) is 25.4. The molecule has 0 aliphatic heterocycles. The third-order valence-electron chi connectivity index (χ3n) is 7.53. The second-order valence-corrected chi connectivity index (χ2v) is 10.4. The Labute approximate surface area is 268 Å². The van der Waals surface area contributed by atoms with Crippen molar-refractivity contribution in [1.82, 2.24) is 19.5 Å². The lowest BCUT2D eigenvalue weighted by Crippen LogP contribution is -2.01. The van der Waals surface area contributed by atoms with Crippen molar-refractivity contribution in [2.45, 2.75) is 6.92 Å². The van der Waals surface area contributed by atoms with Crippen molar-refractivity contribution >= 4 is 21.8 Å². The number of aryl methyl sites for hydroxylation is 1. The molecular formula is C40H28N4. The zero-order valence-corrected chi connectivity index (χ0v) is 23.5. The third-order valence-corrected chi connectivity index (χ3v) is 7.53. The van der Waals surface area contributed by atoms with Gasteiger partial charge in [0.15, 0.2) is 17.5 Å². The first-order valence-corrected chi connectivity index (χ1v) is 14.1. The molecule has 0 aliphatic carbocycles. The van der Waals surface area contributed by atoms with Gasteiger partial charge in [-0.2, -0.15) is 0 Å². The van der Waals surface area contributed by atoms with Crippen LogP contribution in [-0.2, 0) is 0 Å². The molecule has 4 heteroatoms. The van der Waals surface area contributed by atoms with Gasteiger partial charge in [-0.3, -0.25) is 0 Å². The molecule has 0 spiro atoms. The minimum atomic E-state index is -0.501. The van der Waals surface area contributed by atoms with E-state index in [9.17, 15) is 0 Å². The standard InChI is InChI=1S/C40H28N4/c1-27-19-21-30(22-20-27)39-41-38(29-13-6-3-7-14-29)42-40(43-39)32-15-10-16-33(25-32)44-36-18-9-8-17-34(36)35-24-23-31(26-37(35)44)28-11-4-2-5-12-28/h2-26H,1H3/i2D,4D,5D,8D,9D,11D,12D,17D,18D. The largest absolute Gasteiger partial charge is 0.309 e. The van der Waals surface area contributed by atoms with Gasteiger partial charge in [0.1, 0.15) is 0 Å². The molecular weight excluding hydrogens is 536 g/mol. The average molecular weight is 574 g/mol. The average Bonchev–Trinajstić information content (AvgIpc) is 3.53. The van der Waals surface area contributed by atoms with Crippen molar-refractivity contribution in [1.29, 1.82) is 0 Å². The molecule has 44 heavy (non-hydrogen) atoms. The van der Waals surface area contributed by atoms with Crippen LogP contribution in [0.15, 0.2) is 151 Å². The van der Waals surface area contributed by atoms with Crippen LogP contribution in [0.5, 0.6) is 0 Å². The lowest BCUT2D eigenvalue weighted by atomic mass is 10.0. The summed E-state index contributed by atoms with van der Waals surface area (Å²) in [6, 6.07) is 26.3. The van der Waals surface area contributed by atoms with Gasteiger partial charge in [0, 0.05) is 33.2 Å². The van der Waals surface area contributed by atoms with Crippen molar-refractivity contribution in [3.05, 3.63) is 157 Å². The number of para-hydroxylation sites is 1. The molecule has 0 fully saturated rings. The number of nitrogens with zero attached hydrogens (tertiary/aromatic N) is 4. The summed E-state index contributed by atoms with van der Waals surface area (Å²) in [5, 5.41) is 0.791. The molecule has 0 atom stereocenters. The Morgan fingerprint density at radius 1 is 0.477 bits per heavy atom. The van der Waals surface area contributed by atoms with Crippen molar-refractivity contribution in [2.75, 3.05) is 0 Å². The summed E-state index contributed by atoms with van der Waals surface area (Å²) >= 11 is 0. The molecule has 0 saturated carbocycles. The number of aromatic nitrogens is 4. The van der Waals surface area contributed by atoms with Gasteiger partial charge in [0.2, 0.25) is 0 Å². The quantitative estimate of drug-likeness (QED) is 0.206. The van der Waals surface area contributed by atoms with Crippen LogP contribution in [-0.4, -0.2) is 19.5 Å². The monoisotopic (exact) mass is 573 g/mol. The van der Waals surface area contributed by atoms with E-state index in [1.54, 1.807) is 28.8 Å². The maximum Gasteiger partial charge on any atom is 0.164 e. The van der Waals surface area contributed by atoms with E-state index in [2.05, 4.69) is 0 Å². The Bertz CT molecular complexity index is 2750. The lowest BCUT2D eigenvalue weighted by molar-refractivity contribution is 1.07. The van der Waals surface area contributed by atoms with Gasteiger partial charge in [0.05, 0.1) is 23.4 Å². The van der Waals surface area contributed by atoms with Crippen LogP contribution in [0.3, 0.4) is 0 Å². The van der Waals surface area contributed by atoms with E-state index < -0.39 is 24.2 Å². The summed E-state index contributed by atoms with van der Waals surface area (Å²) in [7, 11) is 0. The summed E-state index contributed by atoms with van der Waals surface area (Å²) in [5.74, 6) is 1.35. The van der Waals surface area contributed by atoms with Crippen molar-refractivity contribution in [3.8, 4) is 51.0 Å². The normalized spacial score (nSPS) is 14.2. The van der Waals surface area contributed by atoms with E-state index in [1.165, 1.54) is 0 Å². The summed E-state index contributed by atoms with van der Waals surface area (Å²) in [5.41, 5.74) is 4.88. The molecule has 8 aromatic rings. The van der Waals surface area contributed by atoms with Gasteiger partial charge in [-0.1, -0.05) is 133 Å². The number of hydrogen-bond donors (Lipinski definition) is 0. The number of hydrogen-bond acceptors (Lipinski definition) is 3. The summed E-state index contributed by atoms with van der Waals surface area (Å²) in [4.78, 5) is 14.6. The summed E-state index contributed by atoms with van der Waals surface area (Å²) in [6.07, 6.45) is 0. The van der Waals surface area contributed by atoms with Crippen LogP contribution in [0.1, 0.15) is 17.9 Å². The molecule has 2 heterocycles. The Morgan fingerprint density at radius 3 is 1.89 bits per heavy atom. The van der Waals surface area contributed by atoms with Gasteiger partial charge in [0.25, 0.3) is 0 Å². The topological polar surface area (TPSA) is 43.6 Å². The van der Waals surface area contributed by atoms with Gasteiger partial charge in [-0.15, -0.1) is 0 Å². The van der Waals surface area contributed by atoms with Crippen LogP contribution in [0.2, 0.25) is 0 Å². The maximum absolute atomic E-state index is 9.02. The van der Waals surface area contributed by atoms with Gasteiger partial charge in [-0.25, -0.2) is 15.0 Å². The first-order valence-electron chi connectivity index (χ1n) is 18.6. The molecule has 0 N–H and O–H groups in total. The molecule has 0 amide bonds. The summed E-state index contributed by atoms with van der Waals surface area (Å²) in [6.45, 7) is 2.01. The number of fused-ring (bicyclic) bond motifs is 3. The van der Waals surface area contributed by atoms with E-state index in [4.69, 9.17) is 27.3 Å². The SMILES string of the molecule is [2H]c1c([2H])c([2H])c(-c2ccc3c4c([2H])c([2H])c([2H])c([2H])c4n(-c4cccc(-c5nc(-c6ccccc6)nc(-c6ccc(C)cc6)n5)c4)c3c2)c([2H])c1[2H]. The third kappa shape index (κ3) is 4.63. The Hall–Kier alpha value is -5.87. The minimum Gasteiger partial charge on any atom is -0.309 e. The van der Waals surface area contributed by atoms with Crippen LogP contribution in [0.4, 0.5) is 0 Å². The highest BCUT2D eigenvalue weighted by atomic mass is 15.0. The molecule has 0 radical (unpaired) electrons. The molecule has 208 valence electrons. The molecule has 4 nitrogen and oxygen atoms in total. The lowest BCUT2D eigenvalue weighted by Gasteiger charge is -2.12. The zero-order chi connectivity index (χ0) is 37.3. The predicted octanol–water partition coefficient (Wildman–Crippen LogP) is 9.95. The van der Waals surface area contributed by atoms with Crippen molar-refractivity contribution in [3.63, 3.8) is 0 Å². The molecule has 0 aliphatic rings. The van der Waals surface area contributed by atoms with E-state index in [1.807, 2.05) is 79.7 Å². The molecule has 0 unspecified atom stereocenters. The highest BCUT2D eigenvalue weighted by molar-refractivity contribution is 6.10. The Kier molecular flexibility index (Phi) is 4.39. The van der Waals surface area contributed by atoms with Crippen LogP contribution >= 0.6 is 0 Å². The van der Waals surface area contributed by atoms with Crippen LogP contribution in [0.25, 0.3) is 72.8 Å². The second kappa shape index (κ2) is 10.8. The fourth-order valence-corrected chi connectivity index (χ4v) is 5.37. The maximum atomic E-state index is 9.02. The van der Waals surface area contributed by atoms with E-state index in [0.29, 0.717) is 45.2 Å². The Balaban J connectivity index is 1.40. The molecule has 0 saturated heterocycles. The van der Waals surface area contributed by atoms with E-state index in [-0.39, 0.29) is 46.7 Å². The fraction of sp³-hybridized carbons (Fsp3) is 0.0250. The van der Waals surface area contributed by atoms with E-state index in [0.717, 1.165) is 16.7 Å². The minimum absolute atomic E-state index is 0.00488. The Morgan fingerprint density at radius 2 is 1.11 bits per heavy atom. The van der Waals surface area contributed by atoms with Gasteiger partial charge < -0.3 is 4.57 Å². The van der Waals surface area contributed by atoms with E-state index >= 15 is 0 Å². The molecule has 2 aromatic heterocycles. The molecule has 6 aromatic carbocycles. The predicted molar refractivity (Wildman–Crippen MR) is 181 cm³/mol.